The first-order valence-corrected chi connectivity index (χ1v) is 10.3. The second-order valence-corrected chi connectivity index (χ2v) is 8.04. The van der Waals surface area contributed by atoms with Crippen molar-refractivity contribution >= 4 is 21.4 Å². The molecule has 3 heterocycles. The van der Waals surface area contributed by atoms with Crippen LogP contribution in [0.3, 0.4) is 0 Å². The van der Waals surface area contributed by atoms with Crippen molar-refractivity contribution in [2.45, 2.75) is 4.90 Å². The lowest BCUT2D eigenvalue weighted by Crippen LogP contribution is -2.16. The SMILES string of the molecule is COc1ncc(-c2ccc3nccc(=O)n3c2)cc1NS(=O)(=O)c1cc(F)ccc1F. The lowest BCUT2D eigenvalue weighted by Gasteiger charge is -2.13. The number of benzene rings is 1. The standard InChI is InChI=1S/C20H14F2N4O4S/c1-30-20-16(25-31(28,29)17-9-14(21)3-4-15(17)22)8-13(10-24-20)12-2-5-18-23-7-6-19(27)26(18)11-12/h2-11,25H,1H3. The zero-order chi connectivity index (χ0) is 22.2. The van der Waals surface area contributed by atoms with Crippen molar-refractivity contribution in [2.24, 2.45) is 0 Å². The van der Waals surface area contributed by atoms with Gasteiger partial charge in [0.1, 0.15) is 27.9 Å². The Morgan fingerprint density at radius 1 is 1.03 bits per heavy atom. The molecule has 0 radical (unpaired) electrons. The monoisotopic (exact) mass is 444 g/mol. The fourth-order valence-electron chi connectivity index (χ4n) is 2.93. The Morgan fingerprint density at radius 2 is 1.84 bits per heavy atom. The van der Waals surface area contributed by atoms with E-state index in [-0.39, 0.29) is 17.1 Å². The Hall–Kier alpha value is -3.86. The number of hydrogen-bond acceptors (Lipinski definition) is 6. The highest BCUT2D eigenvalue weighted by Gasteiger charge is 2.22. The van der Waals surface area contributed by atoms with Gasteiger partial charge in [0.25, 0.3) is 15.6 Å². The van der Waals surface area contributed by atoms with Crippen molar-refractivity contribution in [2.75, 3.05) is 11.8 Å². The van der Waals surface area contributed by atoms with E-state index in [1.54, 1.807) is 12.1 Å². The van der Waals surface area contributed by atoms with Crippen LogP contribution in [-0.4, -0.2) is 29.9 Å². The van der Waals surface area contributed by atoms with Crippen LogP contribution in [0.15, 0.2) is 70.7 Å². The number of ether oxygens (including phenoxy) is 1. The molecule has 0 aliphatic heterocycles. The molecular weight excluding hydrogens is 430 g/mol. The molecule has 1 aromatic carbocycles. The number of sulfonamides is 1. The van der Waals surface area contributed by atoms with Gasteiger partial charge in [-0.1, -0.05) is 0 Å². The molecule has 1 N–H and O–H groups in total. The summed E-state index contributed by atoms with van der Waals surface area (Å²) in [6.07, 6.45) is 4.34. The van der Waals surface area contributed by atoms with E-state index in [0.29, 0.717) is 22.8 Å². The number of nitrogens with zero attached hydrogens (tertiary/aromatic N) is 3. The fourth-order valence-corrected chi connectivity index (χ4v) is 4.07. The van der Waals surface area contributed by atoms with Gasteiger partial charge in [-0.05, 0) is 36.4 Å². The van der Waals surface area contributed by atoms with Gasteiger partial charge in [0.2, 0.25) is 5.88 Å². The molecular formula is C20H14F2N4O4S. The average molecular weight is 444 g/mol. The molecule has 0 aliphatic carbocycles. The number of nitrogens with one attached hydrogen (secondary N) is 1. The molecule has 3 aromatic heterocycles. The van der Waals surface area contributed by atoms with E-state index >= 15 is 0 Å². The van der Waals surface area contributed by atoms with Gasteiger partial charge in [-0.2, -0.15) is 0 Å². The molecule has 0 amide bonds. The molecule has 0 fully saturated rings. The number of aromatic nitrogens is 3. The summed E-state index contributed by atoms with van der Waals surface area (Å²) < 4.78 is 61.4. The van der Waals surface area contributed by atoms with Crippen molar-refractivity contribution in [3.63, 3.8) is 0 Å². The molecule has 31 heavy (non-hydrogen) atoms. The summed E-state index contributed by atoms with van der Waals surface area (Å²) in [6, 6.07) is 8.11. The lowest BCUT2D eigenvalue weighted by atomic mass is 10.1. The van der Waals surface area contributed by atoms with Crippen molar-refractivity contribution in [1.29, 1.82) is 0 Å². The van der Waals surface area contributed by atoms with Crippen LogP contribution in [0.5, 0.6) is 5.88 Å². The zero-order valence-corrected chi connectivity index (χ0v) is 16.7. The minimum absolute atomic E-state index is 0.0799. The fraction of sp³-hybridized carbons (Fsp3) is 0.0500. The number of fused-ring (bicyclic) bond motifs is 1. The van der Waals surface area contributed by atoms with Gasteiger partial charge in [-0.3, -0.25) is 13.9 Å². The molecule has 4 rings (SSSR count). The van der Waals surface area contributed by atoms with Crippen LogP contribution < -0.4 is 15.0 Å². The van der Waals surface area contributed by atoms with Crippen LogP contribution in [0.2, 0.25) is 0 Å². The van der Waals surface area contributed by atoms with Crippen molar-refractivity contribution in [3.05, 3.63) is 83.0 Å². The van der Waals surface area contributed by atoms with Crippen LogP contribution in [0.4, 0.5) is 14.5 Å². The van der Waals surface area contributed by atoms with Crippen LogP contribution in [0, 0.1) is 11.6 Å². The van der Waals surface area contributed by atoms with E-state index in [1.165, 1.54) is 42.2 Å². The number of anilines is 1. The third-order valence-corrected chi connectivity index (χ3v) is 5.77. The largest absolute Gasteiger partial charge is 0.480 e. The summed E-state index contributed by atoms with van der Waals surface area (Å²) in [4.78, 5) is 19.4. The molecule has 0 aliphatic rings. The quantitative estimate of drug-likeness (QED) is 0.508. The summed E-state index contributed by atoms with van der Waals surface area (Å²) in [7, 11) is -3.21. The van der Waals surface area contributed by atoms with E-state index in [0.717, 1.165) is 12.1 Å². The van der Waals surface area contributed by atoms with Gasteiger partial charge >= 0.3 is 0 Å². The van der Waals surface area contributed by atoms with Gasteiger partial charge in [0, 0.05) is 35.8 Å². The molecule has 0 unspecified atom stereocenters. The highest BCUT2D eigenvalue weighted by Crippen LogP contribution is 2.30. The van der Waals surface area contributed by atoms with Gasteiger partial charge in [0.05, 0.1) is 7.11 Å². The van der Waals surface area contributed by atoms with Crippen LogP contribution in [-0.2, 0) is 10.0 Å². The Bertz CT molecular complexity index is 1470. The van der Waals surface area contributed by atoms with Gasteiger partial charge in [-0.25, -0.2) is 27.2 Å². The number of halogens is 2. The number of hydrogen-bond donors (Lipinski definition) is 1. The average Bonchev–Trinajstić information content (AvgIpc) is 2.75. The lowest BCUT2D eigenvalue weighted by molar-refractivity contribution is 0.400. The molecule has 0 saturated heterocycles. The van der Waals surface area contributed by atoms with Gasteiger partial charge in [-0.15, -0.1) is 0 Å². The minimum atomic E-state index is -4.49. The Labute approximate surface area is 174 Å². The number of rotatable bonds is 5. The molecule has 0 saturated carbocycles. The van der Waals surface area contributed by atoms with Crippen molar-refractivity contribution in [3.8, 4) is 17.0 Å². The molecule has 158 valence electrons. The van der Waals surface area contributed by atoms with Gasteiger partial charge in [0.15, 0.2) is 0 Å². The van der Waals surface area contributed by atoms with Crippen LogP contribution in [0.25, 0.3) is 16.8 Å². The first-order valence-electron chi connectivity index (χ1n) is 8.78. The third kappa shape index (κ3) is 3.94. The molecule has 0 atom stereocenters. The van der Waals surface area contributed by atoms with Crippen LogP contribution >= 0.6 is 0 Å². The van der Waals surface area contributed by atoms with E-state index in [9.17, 15) is 22.0 Å². The van der Waals surface area contributed by atoms with Crippen LogP contribution in [0.1, 0.15) is 0 Å². The second-order valence-electron chi connectivity index (χ2n) is 6.39. The first kappa shape index (κ1) is 20.4. The highest BCUT2D eigenvalue weighted by molar-refractivity contribution is 7.92. The molecule has 11 heteroatoms. The maximum atomic E-state index is 14.0. The summed E-state index contributed by atoms with van der Waals surface area (Å²) in [6.45, 7) is 0. The topological polar surface area (TPSA) is 103 Å². The summed E-state index contributed by atoms with van der Waals surface area (Å²) >= 11 is 0. The van der Waals surface area contributed by atoms with Crippen molar-refractivity contribution in [1.82, 2.24) is 14.4 Å². The maximum Gasteiger partial charge on any atom is 0.265 e. The van der Waals surface area contributed by atoms with E-state index in [2.05, 4.69) is 14.7 Å². The van der Waals surface area contributed by atoms with Gasteiger partial charge < -0.3 is 4.74 Å². The second kappa shape index (κ2) is 7.76. The molecule has 0 spiro atoms. The predicted octanol–water partition coefficient (Wildman–Crippen LogP) is 2.84. The molecule has 4 aromatic rings. The Morgan fingerprint density at radius 3 is 2.61 bits per heavy atom. The number of methoxy groups -OCH3 is 1. The Balaban J connectivity index is 1.79. The first-order chi connectivity index (χ1) is 14.8. The predicted molar refractivity (Wildman–Crippen MR) is 108 cm³/mol. The zero-order valence-electron chi connectivity index (χ0n) is 15.9. The summed E-state index contributed by atoms with van der Waals surface area (Å²) in [5.74, 6) is -2.10. The maximum absolute atomic E-state index is 14.0. The molecule has 0 bridgehead atoms. The third-order valence-electron chi connectivity index (χ3n) is 4.39. The van der Waals surface area contributed by atoms with E-state index < -0.39 is 26.6 Å². The highest BCUT2D eigenvalue weighted by atomic mass is 32.2. The summed E-state index contributed by atoms with van der Waals surface area (Å²) in [5, 5.41) is 0. The minimum Gasteiger partial charge on any atom is -0.480 e. The summed E-state index contributed by atoms with van der Waals surface area (Å²) in [5.41, 5.74) is 1.02. The molecule has 8 nitrogen and oxygen atoms in total. The van der Waals surface area contributed by atoms with E-state index in [4.69, 9.17) is 4.74 Å². The van der Waals surface area contributed by atoms with Crippen molar-refractivity contribution < 1.29 is 21.9 Å². The normalized spacial score (nSPS) is 11.5. The van der Waals surface area contributed by atoms with E-state index in [1.807, 2.05) is 0 Å². The smallest absolute Gasteiger partial charge is 0.265 e. The number of pyridine rings is 2. The Kier molecular flexibility index (Phi) is 5.11.